The molecule has 2 aliphatic carbocycles. The first-order valence-electron chi connectivity index (χ1n) is 8.82. The molecule has 0 bridgehead atoms. The molecule has 2 aliphatic rings. The van der Waals surface area contributed by atoms with Crippen molar-refractivity contribution in [2.24, 2.45) is 17.8 Å². The number of hydrogen-bond acceptors (Lipinski definition) is 2. The molecule has 3 rings (SSSR count). The second-order valence-corrected chi connectivity index (χ2v) is 7.95. The summed E-state index contributed by atoms with van der Waals surface area (Å²) in [6, 6.07) is 2.09. The Hall–Kier alpha value is -1.02. The molecule has 1 heterocycles. The van der Waals surface area contributed by atoms with E-state index < -0.39 is 0 Å². The Labute approximate surface area is 134 Å². The zero-order valence-electron chi connectivity index (χ0n) is 14.4. The molecule has 1 fully saturated rings. The van der Waals surface area contributed by atoms with E-state index >= 15 is 0 Å². The van der Waals surface area contributed by atoms with E-state index in [2.05, 4.69) is 39.8 Å². The van der Waals surface area contributed by atoms with Crippen LogP contribution in [0.15, 0.2) is 28.4 Å². The van der Waals surface area contributed by atoms with Crippen LogP contribution in [0.3, 0.4) is 0 Å². The number of rotatable bonds is 4. The van der Waals surface area contributed by atoms with Crippen LogP contribution in [0.4, 0.5) is 0 Å². The summed E-state index contributed by atoms with van der Waals surface area (Å²) >= 11 is 0. The van der Waals surface area contributed by atoms with Crippen molar-refractivity contribution in [3.05, 3.63) is 35.3 Å². The maximum atomic E-state index is 10.8. The summed E-state index contributed by atoms with van der Waals surface area (Å²) in [6.45, 7) is 8.94. The van der Waals surface area contributed by atoms with Crippen molar-refractivity contribution in [1.29, 1.82) is 0 Å². The van der Waals surface area contributed by atoms with E-state index in [0.29, 0.717) is 17.8 Å². The lowest BCUT2D eigenvalue weighted by atomic mass is 9.65. The lowest BCUT2D eigenvalue weighted by molar-refractivity contribution is 0.0720. The van der Waals surface area contributed by atoms with Gasteiger partial charge in [-0.3, -0.25) is 0 Å². The molecule has 1 aromatic rings. The van der Waals surface area contributed by atoms with Gasteiger partial charge in [0, 0.05) is 0 Å². The van der Waals surface area contributed by atoms with Crippen LogP contribution in [0.5, 0.6) is 0 Å². The van der Waals surface area contributed by atoms with Crippen LogP contribution in [-0.2, 0) is 11.8 Å². The average Bonchev–Trinajstić information content (AvgIpc) is 3.02. The highest BCUT2D eigenvalue weighted by Crippen LogP contribution is 2.56. The summed E-state index contributed by atoms with van der Waals surface area (Å²) in [4.78, 5) is 0. The minimum Gasteiger partial charge on any atom is -0.468 e. The second kappa shape index (κ2) is 5.88. The van der Waals surface area contributed by atoms with E-state index in [1.165, 1.54) is 24.0 Å². The summed E-state index contributed by atoms with van der Waals surface area (Å²) in [5.41, 5.74) is 2.55. The Morgan fingerprint density at radius 1 is 1.50 bits per heavy atom. The van der Waals surface area contributed by atoms with Crippen molar-refractivity contribution in [2.75, 3.05) is 0 Å². The van der Waals surface area contributed by atoms with Crippen LogP contribution in [0.2, 0.25) is 0 Å². The van der Waals surface area contributed by atoms with Gasteiger partial charge in [0.15, 0.2) is 0 Å². The highest BCUT2D eigenvalue weighted by molar-refractivity contribution is 5.33. The molecule has 2 heteroatoms. The fraction of sp³-hybridized carbons (Fsp3) is 0.700. The molecule has 122 valence electrons. The Balaban J connectivity index is 1.79. The number of fused-ring (bicyclic) bond motifs is 3. The first-order chi connectivity index (χ1) is 10.4. The minimum atomic E-state index is -0.265. The first-order valence-corrected chi connectivity index (χ1v) is 8.82. The highest BCUT2D eigenvalue weighted by Gasteiger charge is 2.57. The van der Waals surface area contributed by atoms with E-state index in [1.807, 2.05) is 0 Å². The van der Waals surface area contributed by atoms with Gasteiger partial charge < -0.3 is 9.52 Å². The third-order valence-corrected chi connectivity index (χ3v) is 6.34. The topological polar surface area (TPSA) is 33.4 Å². The van der Waals surface area contributed by atoms with Gasteiger partial charge >= 0.3 is 0 Å². The van der Waals surface area contributed by atoms with Crippen LogP contribution in [-0.4, -0.2) is 11.2 Å². The molecule has 2 nitrogen and oxygen atoms in total. The summed E-state index contributed by atoms with van der Waals surface area (Å²) in [7, 11) is 0. The molecule has 0 amide bonds. The van der Waals surface area contributed by atoms with Gasteiger partial charge in [-0.2, -0.15) is 0 Å². The largest absolute Gasteiger partial charge is 0.468 e. The maximum absolute atomic E-state index is 10.8. The smallest absolute Gasteiger partial charge is 0.115 e. The van der Waals surface area contributed by atoms with Gasteiger partial charge in [-0.15, -0.1) is 0 Å². The average molecular weight is 302 g/mol. The van der Waals surface area contributed by atoms with E-state index in [0.717, 1.165) is 25.0 Å². The fourth-order valence-corrected chi connectivity index (χ4v) is 4.99. The summed E-state index contributed by atoms with van der Waals surface area (Å²) in [5, 5.41) is 10.8. The molecular formula is C20H30O2. The molecule has 0 radical (unpaired) electrons. The monoisotopic (exact) mass is 302 g/mol. The molecule has 22 heavy (non-hydrogen) atoms. The van der Waals surface area contributed by atoms with E-state index in [4.69, 9.17) is 4.42 Å². The number of furan rings is 1. The van der Waals surface area contributed by atoms with Crippen molar-refractivity contribution in [2.45, 2.75) is 71.3 Å². The number of aliphatic hydroxyl groups is 1. The Morgan fingerprint density at radius 3 is 3.00 bits per heavy atom. The number of allylic oxidation sites excluding steroid dienone is 2. The third-order valence-electron chi connectivity index (χ3n) is 6.34. The third kappa shape index (κ3) is 2.46. The summed E-state index contributed by atoms with van der Waals surface area (Å²) in [6.07, 6.45) is 9.48. The van der Waals surface area contributed by atoms with Gasteiger partial charge in [0.2, 0.25) is 0 Å². The Bertz CT molecular complexity index is 552. The van der Waals surface area contributed by atoms with Crippen LogP contribution < -0.4 is 0 Å². The number of aliphatic hydroxyl groups excluding tert-OH is 1. The number of hydrogen-bond donors (Lipinski definition) is 1. The van der Waals surface area contributed by atoms with E-state index in [1.54, 1.807) is 6.26 Å². The van der Waals surface area contributed by atoms with Gasteiger partial charge in [0.25, 0.3) is 0 Å². The van der Waals surface area contributed by atoms with Crippen LogP contribution in [0.1, 0.15) is 64.7 Å². The normalized spacial score (nSPS) is 34.9. The molecule has 0 aliphatic heterocycles. The van der Waals surface area contributed by atoms with Gasteiger partial charge in [-0.1, -0.05) is 18.6 Å². The highest BCUT2D eigenvalue weighted by atomic mass is 16.3. The van der Waals surface area contributed by atoms with Crippen molar-refractivity contribution in [3.63, 3.8) is 0 Å². The van der Waals surface area contributed by atoms with Crippen LogP contribution in [0.25, 0.3) is 0 Å². The zero-order chi connectivity index (χ0) is 15.9. The van der Waals surface area contributed by atoms with Crippen molar-refractivity contribution in [3.8, 4) is 0 Å². The zero-order valence-corrected chi connectivity index (χ0v) is 14.4. The van der Waals surface area contributed by atoms with Crippen molar-refractivity contribution in [1.82, 2.24) is 0 Å². The van der Waals surface area contributed by atoms with Gasteiger partial charge in [-0.25, -0.2) is 0 Å². The molecule has 1 aromatic heterocycles. The van der Waals surface area contributed by atoms with Crippen molar-refractivity contribution >= 4 is 0 Å². The quantitative estimate of drug-likeness (QED) is 0.805. The number of aryl methyl sites for hydroxylation is 1. The fourth-order valence-electron chi connectivity index (χ4n) is 4.99. The molecule has 1 N–H and O–H groups in total. The molecule has 0 spiro atoms. The van der Waals surface area contributed by atoms with Crippen LogP contribution >= 0.6 is 0 Å². The predicted molar refractivity (Wildman–Crippen MR) is 89.8 cm³/mol. The Morgan fingerprint density at radius 2 is 2.27 bits per heavy atom. The SMILES string of the molecule is CC(C)=CCCC(C)C1C[C@H](O)[C@]2(C)c3occc3CCC12. The second-order valence-electron chi connectivity index (χ2n) is 7.95. The predicted octanol–water partition coefficient (Wildman–Crippen LogP) is 4.86. The summed E-state index contributed by atoms with van der Waals surface area (Å²) in [5.74, 6) is 2.90. The van der Waals surface area contributed by atoms with Gasteiger partial charge in [0.1, 0.15) is 5.76 Å². The van der Waals surface area contributed by atoms with Crippen LogP contribution in [0, 0.1) is 17.8 Å². The molecule has 0 aromatic carbocycles. The maximum Gasteiger partial charge on any atom is 0.115 e. The lowest BCUT2D eigenvalue weighted by Crippen LogP contribution is -2.41. The van der Waals surface area contributed by atoms with E-state index in [-0.39, 0.29) is 11.5 Å². The van der Waals surface area contributed by atoms with E-state index in [9.17, 15) is 5.11 Å². The van der Waals surface area contributed by atoms with Gasteiger partial charge in [-0.05, 0) is 82.3 Å². The van der Waals surface area contributed by atoms with Gasteiger partial charge in [0.05, 0.1) is 17.8 Å². The molecular weight excluding hydrogens is 272 g/mol. The lowest BCUT2D eigenvalue weighted by Gasteiger charge is -2.39. The van der Waals surface area contributed by atoms with Crippen molar-refractivity contribution < 1.29 is 9.52 Å². The summed E-state index contributed by atoms with van der Waals surface area (Å²) < 4.78 is 5.81. The molecule has 5 atom stereocenters. The minimum absolute atomic E-state index is 0.174. The molecule has 1 saturated carbocycles. The Kier molecular flexibility index (Phi) is 4.24. The molecule has 0 saturated heterocycles. The molecule has 3 unspecified atom stereocenters. The first kappa shape index (κ1) is 15.9. The standard InChI is InChI=1S/C20H30O2/c1-13(2)6-5-7-14(3)16-12-18(21)20(4)17(16)9-8-15-10-11-22-19(15)20/h6,10-11,14,16-18,21H,5,7-9,12H2,1-4H3/t14?,16?,17?,18-,20+/m0/s1.